The van der Waals surface area contributed by atoms with Crippen molar-refractivity contribution in [3.05, 3.63) is 12.1 Å². The monoisotopic (exact) mass is 156 g/mol. The molecule has 0 aliphatic carbocycles. The second kappa shape index (κ2) is 3.10. The fourth-order valence-corrected chi connectivity index (χ4v) is 0.646. The molecule has 1 heterocycles. The van der Waals surface area contributed by atoms with Gasteiger partial charge in [-0.2, -0.15) is 0 Å². The first-order chi connectivity index (χ1) is 5.11. The molecule has 0 atom stereocenters. The van der Waals surface area contributed by atoms with Crippen LogP contribution in [0.3, 0.4) is 0 Å². The molecular weight excluding hydrogens is 150 g/mol. The molecule has 0 bridgehead atoms. The van der Waals surface area contributed by atoms with Gasteiger partial charge in [-0.15, -0.1) is 0 Å². The fourth-order valence-electron chi connectivity index (χ4n) is 0.646. The van der Waals surface area contributed by atoms with Gasteiger partial charge < -0.3 is 24.5 Å². The molecule has 0 saturated heterocycles. The quantitative estimate of drug-likeness (QED) is 0.335. The second-order valence-corrected chi connectivity index (χ2v) is 1.99. The maximum absolute atomic E-state index is 8.52. The van der Waals surface area contributed by atoms with Crippen LogP contribution in [0.1, 0.15) is 0 Å². The van der Waals surface area contributed by atoms with Gasteiger partial charge in [0.15, 0.2) is 0 Å². The first kappa shape index (κ1) is 8.35. The van der Waals surface area contributed by atoms with Crippen LogP contribution >= 0.6 is 0 Å². The van der Waals surface area contributed by atoms with Crippen LogP contribution in [-0.2, 0) is 0 Å². The normalized spacial score (nSPS) is 9.82. The van der Waals surface area contributed by atoms with E-state index < -0.39 is 14.2 Å². The summed E-state index contributed by atoms with van der Waals surface area (Å²) in [6, 6.07) is 2.50. The average Bonchev–Trinajstić information content (AvgIpc) is 2.33. The van der Waals surface area contributed by atoms with Crippen molar-refractivity contribution in [1.29, 1.82) is 0 Å². The van der Waals surface area contributed by atoms with Gasteiger partial charge in [0, 0.05) is 0 Å². The number of furan rings is 1. The van der Waals surface area contributed by atoms with Crippen LogP contribution in [-0.4, -0.2) is 34.3 Å². The minimum Gasteiger partial charge on any atom is -0.473 e. The lowest BCUT2D eigenvalue weighted by molar-refractivity contribution is 0.399. The van der Waals surface area contributed by atoms with E-state index in [9.17, 15) is 0 Å². The molecule has 11 heavy (non-hydrogen) atoms. The molecule has 58 valence electrons. The van der Waals surface area contributed by atoms with E-state index in [4.69, 9.17) is 20.1 Å². The van der Waals surface area contributed by atoms with Crippen molar-refractivity contribution in [1.82, 2.24) is 0 Å². The predicted molar refractivity (Wildman–Crippen MR) is 38.4 cm³/mol. The lowest BCUT2D eigenvalue weighted by Gasteiger charge is -1.92. The Bertz CT molecular complexity index is 210. The van der Waals surface area contributed by atoms with E-state index >= 15 is 0 Å². The SMILES string of the molecule is OB(O)c1ccc(B(O)O)o1. The molecule has 1 aromatic rings. The Morgan fingerprint density at radius 3 is 1.45 bits per heavy atom. The highest BCUT2D eigenvalue weighted by molar-refractivity contribution is 6.60. The summed E-state index contributed by atoms with van der Waals surface area (Å²) in [5, 5.41) is 34.1. The number of hydrogen-bond acceptors (Lipinski definition) is 5. The van der Waals surface area contributed by atoms with Crippen molar-refractivity contribution >= 4 is 25.6 Å². The van der Waals surface area contributed by atoms with Gasteiger partial charge in [-0.3, -0.25) is 0 Å². The average molecular weight is 156 g/mol. The van der Waals surface area contributed by atoms with Gasteiger partial charge in [0.25, 0.3) is 0 Å². The molecule has 0 fully saturated rings. The lowest BCUT2D eigenvalue weighted by Crippen LogP contribution is -2.32. The molecule has 0 aromatic carbocycles. The Morgan fingerprint density at radius 2 is 1.27 bits per heavy atom. The van der Waals surface area contributed by atoms with Crippen molar-refractivity contribution in [3.63, 3.8) is 0 Å². The second-order valence-electron chi connectivity index (χ2n) is 1.99. The summed E-state index contributed by atoms with van der Waals surface area (Å²) in [5.41, 5.74) is -0.235. The summed E-state index contributed by atoms with van der Waals surface area (Å²) in [6.07, 6.45) is 0. The van der Waals surface area contributed by atoms with E-state index in [-0.39, 0.29) is 11.3 Å². The molecule has 0 aliphatic heterocycles. The van der Waals surface area contributed by atoms with E-state index in [1.165, 1.54) is 12.1 Å². The van der Waals surface area contributed by atoms with E-state index in [0.29, 0.717) is 0 Å². The zero-order valence-electron chi connectivity index (χ0n) is 5.51. The van der Waals surface area contributed by atoms with E-state index in [1.54, 1.807) is 0 Å². The fraction of sp³-hybridized carbons (Fsp3) is 0. The van der Waals surface area contributed by atoms with Crippen LogP contribution in [0.25, 0.3) is 0 Å². The summed E-state index contributed by atoms with van der Waals surface area (Å²) in [4.78, 5) is 0. The molecule has 5 nitrogen and oxygen atoms in total. The molecule has 0 radical (unpaired) electrons. The maximum atomic E-state index is 8.52. The summed E-state index contributed by atoms with van der Waals surface area (Å²) >= 11 is 0. The molecule has 0 amide bonds. The first-order valence-corrected chi connectivity index (χ1v) is 2.93. The molecule has 1 aromatic heterocycles. The third-order valence-corrected chi connectivity index (χ3v) is 1.16. The van der Waals surface area contributed by atoms with E-state index in [1.807, 2.05) is 0 Å². The van der Waals surface area contributed by atoms with Crippen molar-refractivity contribution in [3.8, 4) is 0 Å². The summed E-state index contributed by atoms with van der Waals surface area (Å²) in [7, 11) is -3.44. The number of hydrogen-bond donors (Lipinski definition) is 4. The first-order valence-electron chi connectivity index (χ1n) is 2.93. The van der Waals surface area contributed by atoms with E-state index in [2.05, 4.69) is 4.42 Å². The molecule has 1 rings (SSSR count). The van der Waals surface area contributed by atoms with Gasteiger partial charge in [0.05, 0.1) is 0 Å². The minimum atomic E-state index is -1.72. The van der Waals surface area contributed by atoms with Crippen LogP contribution in [0.15, 0.2) is 16.5 Å². The molecule has 0 aliphatic rings. The highest BCUT2D eigenvalue weighted by atomic mass is 16.4. The van der Waals surface area contributed by atoms with Crippen LogP contribution in [0.2, 0.25) is 0 Å². The highest BCUT2D eigenvalue weighted by Crippen LogP contribution is 1.83. The zero-order valence-corrected chi connectivity index (χ0v) is 5.51. The Kier molecular flexibility index (Phi) is 2.35. The van der Waals surface area contributed by atoms with Crippen molar-refractivity contribution in [2.24, 2.45) is 0 Å². The largest absolute Gasteiger partial charge is 0.526 e. The van der Waals surface area contributed by atoms with Crippen molar-refractivity contribution < 1.29 is 24.5 Å². The standard InChI is InChI=1S/C4H6B2O5/c7-5(8)3-1-2-4(11-3)6(9)10/h1-2,7-10H. The van der Waals surface area contributed by atoms with Crippen LogP contribution in [0.5, 0.6) is 0 Å². The minimum absolute atomic E-state index is 0.117. The topological polar surface area (TPSA) is 94.1 Å². The molecule has 0 saturated carbocycles. The van der Waals surface area contributed by atoms with E-state index in [0.717, 1.165) is 0 Å². The van der Waals surface area contributed by atoms with Gasteiger partial charge >= 0.3 is 14.2 Å². The molecule has 4 N–H and O–H groups in total. The van der Waals surface area contributed by atoms with Gasteiger partial charge in [-0.05, 0) is 12.1 Å². The van der Waals surface area contributed by atoms with Crippen LogP contribution in [0.4, 0.5) is 0 Å². The Labute approximate surface area is 63.2 Å². The molecule has 0 spiro atoms. The Morgan fingerprint density at radius 1 is 0.909 bits per heavy atom. The predicted octanol–water partition coefficient (Wildman–Crippen LogP) is -3.36. The summed E-state index contributed by atoms with van der Waals surface area (Å²) in [6.45, 7) is 0. The van der Waals surface area contributed by atoms with Gasteiger partial charge in [-0.25, -0.2) is 0 Å². The maximum Gasteiger partial charge on any atom is 0.526 e. The van der Waals surface area contributed by atoms with Gasteiger partial charge in [0.2, 0.25) is 0 Å². The lowest BCUT2D eigenvalue weighted by atomic mass is 9.87. The molecule has 0 unspecified atom stereocenters. The van der Waals surface area contributed by atoms with Crippen LogP contribution in [0, 0.1) is 0 Å². The van der Waals surface area contributed by atoms with Crippen molar-refractivity contribution in [2.75, 3.05) is 0 Å². The summed E-state index contributed by atoms with van der Waals surface area (Å²) < 4.78 is 4.61. The Hall–Kier alpha value is -0.750. The molecular formula is C4H6B2O5. The molecule has 7 heteroatoms. The van der Waals surface area contributed by atoms with Crippen molar-refractivity contribution in [2.45, 2.75) is 0 Å². The van der Waals surface area contributed by atoms with Gasteiger partial charge in [-0.1, -0.05) is 0 Å². The third kappa shape index (κ3) is 1.84. The third-order valence-electron chi connectivity index (χ3n) is 1.16. The highest BCUT2D eigenvalue weighted by Gasteiger charge is 2.21. The smallest absolute Gasteiger partial charge is 0.473 e. The van der Waals surface area contributed by atoms with Crippen LogP contribution < -0.4 is 11.3 Å². The number of rotatable bonds is 2. The van der Waals surface area contributed by atoms with Gasteiger partial charge in [0.1, 0.15) is 11.3 Å². The Balaban J connectivity index is 2.82. The zero-order chi connectivity index (χ0) is 8.43. The summed E-state index contributed by atoms with van der Waals surface area (Å²) in [5.74, 6) is 0.